The molecule has 0 radical (unpaired) electrons. The maximum atomic E-state index is 11.7. The van der Waals surface area contributed by atoms with Crippen molar-refractivity contribution in [3.8, 4) is 0 Å². The van der Waals surface area contributed by atoms with E-state index in [1.807, 2.05) is 30.3 Å². The van der Waals surface area contributed by atoms with E-state index in [2.05, 4.69) is 15.6 Å². The molecule has 0 unspecified atom stereocenters. The standard InChI is InChI=1S/C15H18N4O/c16-13-6-7-14(19-11-13)17-8-9-18-15(20)10-12-4-2-1-3-5-12/h1-7,11H,8-10,16H2,(H,17,19)(H,18,20). The van der Waals surface area contributed by atoms with Crippen LogP contribution in [0.25, 0.3) is 0 Å². The van der Waals surface area contributed by atoms with Gasteiger partial charge < -0.3 is 16.4 Å². The second-order valence-corrected chi connectivity index (χ2v) is 4.42. The van der Waals surface area contributed by atoms with E-state index in [1.165, 1.54) is 0 Å². The van der Waals surface area contributed by atoms with Crippen molar-refractivity contribution in [2.75, 3.05) is 24.1 Å². The minimum absolute atomic E-state index is 0.0169. The molecule has 4 N–H and O–H groups in total. The molecule has 0 atom stereocenters. The van der Waals surface area contributed by atoms with Crippen LogP contribution in [0.2, 0.25) is 0 Å². The van der Waals surface area contributed by atoms with Gasteiger partial charge in [0.2, 0.25) is 5.91 Å². The Morgan fingerprint density at radius 1 is 1.10 bits per heavy atom. The fraction of sp³-hybridized carbons (Fsp3) is 0.200. The number of carbonyl (C=O) groups excluding carboxylic acids is 1. The van der Waals surface area contributed by atoms with Gasteiger partial charge in [-0.05, 0) is 17.7 Å². The quantitative estimate of drug-likeness (QED) is 0.694. The summed E-state index contributed by atoms with van der Waals surface area (Å²) in [5.74, 6) is 0.764. The summed E-state index contributed by atoms with van der Waals surface area (Å²) in [7, 11) is 0. The fourth-order valence-electron chi connectivity index (χ4n) is 1.75. The largest absolute Gasteiger partial charge is 0.397 e. The molecule has 0 aliphatic heterocycles. The second-order valence-electron chi connectivity index (χ2n) is 4.42. The molecule has 104 valence electrons. The van der Waals surface area contributed by atoms with Crippen molar-refractivity contribution in [2.45, 2.75) is 6.42 Å². The van der Waals surface area contributed by atoms with Gasteiger partial charge in [0, 0.05) is 13.1 Å². The monoisotopic (exact) mass is 270 g/mol. The Balaban J connectivity index is 1.66. The second kappa shape index (κ2) is 7.13. The lowest BCUT2D eigenvalue weighted by atomic mass is 10.1. The van der Waals surface area contributed by atoms with E-state index in [0.29, 0.717) is 25.2 Å². The Bertz CT molecular complexity index is 540. The summed E-state index contributed by atoms with van der Waals surface area (Å²) in [6.45, 7) is 1.18. The number of benzene rings is 1. The molecular formula is C15H18N4O. The fourth-order valence-corrected chi connectivity index (χ4v) is 1.75. The number of anilines is 2. The predicted molar refractivity (Wildman–Crippen MR) is 80.3 cm³/mol. The number of nitrogen functional groups attached to an aromatic ring is 1. The number of rotatable bonds is 6. The number of nitrogens with one attached hydrogen (secondary N) is 2. The van der Waals surface area contributed by atoms with E-state index < -0.39 is 0 Å². The zero-order valence-corrected chi connectivity index (χ0v) is 11.2. The first-order chi connectivity index (χ1) is 9.74. The molecule has 5 nitrogen and oxygen atoms in total. The molecule has 1 amide bonds. The van der Waals surface area contributed by atoms with Gasteiger partial charge >= 0.3 is 0 Å². The van der Waals surface area contributed by atoms with Crippen molar-refractivity contribution in [3.63, 3.8) is 0 Å². The van der Waals surface area contributed by atoms with Crippen LogP contribution in [0.4, 0.5) is 11.5 Å². The number of amides is 1. The van der Waals surface area contributed by atoms with Crippen molar-refractivity contribution < 1.29 is 4.79 Å². The average molecular weight is 270 g/mol. The minimum Gasteiger partial charge on any atom is -0.397 e. The van der Waals surface area contributed by atoms with E-state index in [0.717, 1.165) is 11.4 Å². The first-order valence-corrected chi connectivity index (χ1v) is 6.50. The Labute approximate surface area is 118 Å². The van der Waals surface area contributed by atoms with Gasteiger partial charge in [0.25, 0.3) is 0 Å². The topological polar surface area (TPSA) is 80.0 Å². The van der Waals surface area contributed by atoms with Crippen LogP contribution in [0.5, 0.6) is 0 Å². The molecule has 0 saturated carbocycles. The molecule has 5 heteroatoms. The predicted octanol–water partition coefficient (Wildman–Crippen LogP) is 1.43. The van der Waals surface area contributed by atoms with Crippen molar-refractivity contribution in [3.05, 3.63) is 54.2 Å². The van der Waals surface area contributed by atoms with Crippen LogP contribution in [-0.4, -0.2) is 24.0 Å². The normalized spacial score (nSPS) is 10.0. The van der Waals surface area contributed by atoms with Crippen LogP contribution in [0.1, 0.15) is 5.56 Å². The third-order valence-electron chi connectivity index (χ3n) is 2.75. The third kappa shape index (κ3) is 4.61. The molecule has 2 rings (SSSR count). The molecule has 1 aromatic carbocycles. The minimum atomic E-state index is 0.0169. The summed E-state index contributed by atoms with van der Waals surface area (Å²) in [6.07, 6.45) is 2.00. The molecule has 0 spiro atoms. The van der Waals surface area contributed by atoms with Crippen molar-refractivity contribution >= 4 is 17.4 Å². The summed E-state index contributed by atoms with van der Waals surface area (Å²) >= 11 is 0. The van der Waals surface area contributed by atoms with Gasteiger partial charge in [-0.3, -0.25) is 4.79 Å². The molecule has 0 bridgehead atoms. The zero-order chi connectivity index (χ0) is 14.2. The van der Waals surface area contributed by atoms with Crippen LogP contribution >= 0.6 is 0 Å². The highest BCUT2D eigenvalue weighted by molar-refractivity contribution is 5.78. The first kappa shape index (κ1) is 13.9. The third-order valence-corrected chi connectivity index (χ3v) is 2.75. The van der Waals surface area contributed by atoms with Crippen LogP contribution in [0, 0.1) is 0 Å². The lowest BCUT2D eigenvalue weighted by Gasteiger charge is -2.07. The lowest BCUT2D eigenvalue weighted by molar-refractivity contribution is -0.120. The van der Waals surface area contributed by atoms with Gasteiger partial charge in [-0.25, -0.2) is 4.98 Å². The Hall–Kier alpha value is -2.56. The van der Waals surface area contributed by atoms with Crippen LogP contribution in [0.3, 0.4) is 0 Å². The van der Waals surface area contributed by atoms with Gasteiger partial charge in [0.15, 0.2) is 0 Å². The van der Waals surface area contributed by atoms with Gasteiger partial charge in [-0.15, -0.1) is 0 Å². The maximum Gasteiger partial charge on any atom is 0.224 e. The van der Waals surface area contributed by atoms with E-state index in [1.54, 1.807) is 18.3 Å². The molecule has 0 aliphatic carbocycles. The maximum absolute atomic E-state index is 11.7. The van der Waals surface area contributed by atoms with Crippen molar-refractivity contribution in [1.29, 1.82) is 0 Å². The summed E-state index contributed by atoms with van der Waals surface area (Å²) in [5.41, 5.74) is 7.19. The Morgan fingerprint density at radius 2 is 1.90 bits per heavy atom. The molecule has 20 heavy (non-hydrogen) atoms. The van der Waals surface area contributed by atoms with Crippen molar-refractivity contribution in [2.24, 2.45) is 0 Å². The number of aromatic nitrogens is 1. The molecule has 1 aromatic heterocycles. The molecule has 0 saturated heterocycles. The molecular weight excluding hydrogens is 252 g/mol. The summed E-state index contributed by atoms with van der Waals surface area (Å²) in [5, 5.41) is 5.97. The first-order valence-electron chi connectivity index (χ1n) is 6.50. The zero-order valence-electron chi connectivity index (χ0n) is 11.2. The highest BCUT2D eigenvalue weighted by atomic mass is 16.1. The molecule has 0 fully saturated rings. The number of pyridine rings is 1. The van der Waals surface area contributed by atoms with Gasteiger partial charge in [-0.1, -0.05) is 30.3 Å². The van der Waals surface area contributed by atoms with Crippen LogP contribution in [-0.2, 0) is 11.2 Å². The highest BCUT2D eigenvalue weighted by Gasteiger charge is 2.01. The average Bonchev–Trinajstić information content (AvgIpc) is 2.46. The molecule has 2 aromatic rings. The van der Waals surface area contributed by atoms with E-state index in [9.17, 15) is 4.79 Å². The number of hydrogen-bond donors (Lipinski definition) is 3. The smallest absolute Gasteiger partial charge is 0.224 e. The Morgan fingerprint density at radius 3 is 2.60 bits per heavy atom. The van der Waals surface area contributed by atoms with E-state index >= 15 is 0 Å². The lowest BCUT2D eigenvalue weighted by Crippen LogP contribution is -2.30. The number of nitrogens with two attached hydrogens (primary N) is 1. The summed E-state index contributed by atoms with van der Waals surface area (Å²) in [4.78, 5) is 15.8. The van der Waals surface area contributed by atoms with Gasteiger partial charge in [-0.2, -0.15) is 0 Å². The number of hydrogen-bond acceptors (Lipinski definition) is 4. The highest BCUT2D eigenvalue weighted by Crippen LogP contribution is 2.04. The van der Waals surface area contributed by atoms with Gasteiger partial charge in [0.05, 0.1) is 18.3 Å². The summed E-state index contributed by atoms with van der Waals surface area (Å²) < 4.78 is 0. The Kier molecular flexibility index (Phi) is 4.94. The van der Waals surface area contributed by atoms with E-state index in [-0.39, 0.29) is 5.91 Å². The van der Waals surface area contributed by atoms with E-state index in [4.69, 9.17) is 5.73 Å². The molecule has 0 aliphatic rings. The van der Waals surface area contributed by atoms with Crippen LogP contribution in [0.15, 0.2) is 48.7 Å². The number of nitrogens with zero attached hydrogens (tertiary/aromatic N) is 1. The van der Waals surface area contributed by atoms with Gasteiger partial charge in [0.1, 0.15) is 5.82 Å². The number of carbonyl (C=O) groups is 1. The van der Waals surface area contributed by atoms with Crippen LogP contribution < -0.4 is 16.4 Å². The summed E-state index contributed by atoms with van der Waals surface area (Å²) in [6, 6.07) is 13.3. The SMILES string of the molecule is Nc1ccc(NCCNC(=O)Cc2ccccc2)nc1. The van der Waals surface area contributed by atoms with Crippen molar-refractivity contribution in [1.82, 2.24) is 10.3 Å². The molecule has 1 heterocycles.